The van der Waals surface area contributed by atoms with Crippen molar-refractivity contribution in [1.29, 1.82) is 0 Å². The monoisotopic (exact) mass is 336 g/mol. The Morgan fingerprint density at radius 2 is 1.52 bits per heavy atom. The molecule has 0 spiro atoms. The highest BCUT2D eigenvalue weighted by molar-refractivity contribution is 5.94. The van der Waals surface area contributed by atoms with Crippen LogP contribution in [0.1, 0.15) is 41.7 Å². The highest BCUT2D eigenvalue weighted by atomic mass is 16.2. The smallest absolute Gasteiger partial charge is 0.253 e. The fraction of sp³-hybridized carbons (Fsp3) is 0.333. The van der Waals surface area contributed by atoms with Crippen LogP contribution < -0.4 is 5.32 Å². The topological polar surface area (TPSA) is 49.4 Å². The zero-order valence-electron chi connectivity index (χ0n) is 14.5. The second-order valence-electron chi connectivity index (χ2n) is 6.57. The van der Waals surface area contributed by atoms with Gasteiger partial charge in [0.1, 0.15) is 0 Å². The van der Waals surface area contributed by atoms with E-state index in [1.165, 1.54) is 0 Å². The van der Waals surface area contributed by atoms with Crippen molar-refractivity contribution < 1.29 is 9.59 Å². The van der Waals surface area contributed by atoms with E-state index in [1.807, 2.05) is 72.5 Å². The minimum Gasteiger partial charge on any atom is -0.349 e. The lowest BCUT2D eigenvalue weighted by Crippen LogP contribution is -2.43. The van der Waals surface area contributed by atoms with E-state index in [9.17, 15) is 9.59 Å². The summed E-state index contributed by atoms with van der Waals surface area (Å²) in [7, 11) is 0. The molecule has 0 aliphatic carbocycles. The molecule has 0 radical (unpaired) electrons. The van der Waals surface area contributed by atoms with Crippen molar-refractivity contribution in [3.8, 4) is 0 Å². The molecular weight excluding hydrogens is 312 g/mol. The Morgan fingerprint density at radius 3 is 2.12 bits per heavy atom. The molecule has 3 rings (SSSR count). The van der Waals surface area contributed by atoms with Crippen molar-refractivity contribution in [2.45, 2.75) is 25.8 Å². The summed E-state index contributed by atoms with van der Waals surface area (Å²) in [4.78, 5) is 26.8. The summed E-state index contributed by atoms with van der Waals surface area (Å²) in [6, 6.07) is 19.3. The normalized spacial score (nSPS) is 16.3. The molecule has 2 aromatic carbocycles. The van der Waals surface area contributed by atoms with Crippen LogP contribution in [0.15, 0.2) is 60.7 Å². The molecule has 0 saturated carbocycles. The quantitative estimate of drug-likeness (QED) is 0.930. The number of carbonyl (C=O) groups is 2. The molecule has 130 valence electrons. The largest absolute Gasteiger partial charge is 0.349 e. The number of nitrogens with zero attached hydrogens (tertiary/aromatic N) is 1. The van der Waals surface area contributed by atoms with Crippen LogP contribution in [-0.4, -0.2) is 29.8 Å². The van der Waals surface area contributed by atoms with Crippen LogP contribution in [0.4, 0.5) is 0 Å². The van der Waals surface area contributed by atoms with E-state index in [2.05, 4.69) is 5.32 Å². The first kappa shape index (κ1) is 17.2. The summed E-state index contributed by atoms with van der Waals surface area (Å²) in [6.45, 7) is 3.26. The van der Waals surface area contributed by atoms with Gasteiger partial charge in [-0.05, 0) is 37.5 Å². The molecule has 4 nitrogen and oxygen atoms in total. The molecule has 1 heterocycles. The molecule has 2 aromatic rings. The van der Waals surface area contributed by atoms with E-state index in [-0.39, 0.29) is 23.8 Å². The Morgan fingerprint density at radius 1 is 0.960 bits per heavy atom. The highest BCUT2D eigenvalue weighted by Crippen LogP contribution is 2.21. The van der Waals surface area contributed by atoms with Crippen molar-refractivity contribution in [3.05, 3.63) is 71.8 Å². The molecular formula is C21H24N2O2. The van der Waals surface area contributed by atoms with E-state index < -0.39 is 0 Å². The van der Waals surface area contributed by atoms with Gasteiger partial charge >= 0.3 is 0 Å². The number of hydrogen-bond donors (Lipinski definition) is 1. The van der Waals surface area contributed by atoms with Gasteiger partial charge in [-0.15, -0.1) is 0 Å². The van der Waals surface area contributed by atoms with Crippen molar-refractivity contribution in [2.24, 2.45) is 5.92 Å². The molecule has 2 amide bonds. The van der Waals surface area contributed by atoms with E-state index in [4.69, 9.17) is 0 Å². The average molecular weight is 336 g/mol. The van der Waals surface area contributed by atoms with Gasteiger partial charge in [0.05, 0.1) is 6.04 Å². The number of hydrogen-bond acceptors (Lipinski definition) is 2. The van der Waals surface area contributed by atoms with Crippen LogP contribution in [-0.2, 0) is 4.79 Å². The zero-order chi connectivity index (χ0) is 17.6. The third-order valence-corrected chi connectivity index (χ3v) is 4.83. The van der Waals surface area contributed by atoms with Crippen LogP contribution >= 0.6 is 0 Å². The van der Waals surface area contributed by atoms with Crippen molar-refractivity contribution >= 4 is 11.8 Å². The fourth-order valence-corrected chi connectivity index (χ4v) is 3.26. The highest BCUT2D eigenvalue weighted by Gasteiger charge is 2.28. The molecule has 1 fully saturated rings. The average Bonchev–Trinajstić information content (AvgIpc) is 2.69. The minimum atomic E-state index is -0.0222. The molecule has 25 heavy (non-hydrogen) atoms. The van der Waals surface area contributed by atoms with Gasteiger partial charge in [0.25, 0.3) is 5.91 Å². The predicted octanol–water partition coefficient (Wildman–Crippen LogP) is 3.42. The number of nitrogens with one attached hydrogen (secondary N) is 1. The number of likely N-dealkylation sites (tertiary alicyclic amines) is 1. The van der Waals surface area contributed by atoms with E-state index >= 15 is 0 Å². The lowest BCUT2D eigenvalue weighted by Gasteiger charge is -2.32. The third kappa shape index (κ3) is 4.27. The number of benzene rings is 2. The Bertz CT molecular complexity index is 707. The molecule has 1 N–H and O–H groups in total. The molecule has 1 atom stereocenters. The van der Waals surface area contributed by atoms with Crippen molar-refractivity contribution in [1.82, 2.24) is 10.2 Å². The van der Waals surface area contributed by atoms with Crippen molar-refractivity contribution in [3.63, 3.8) is 0 Å². The van der Waals surface area contributed by atoms with E-state index in [1.54, 1.807) is 0 Å². The maximum atomic E-state index is 12.5. The zero-order valence-corrected chi connectivity index (χ0v) is 14.5. The lowest BCUT2D eigenvalue weighted by atomic mass is 9.94. The van der Waals surface area contributed by atoms with E-state index in [0.717, 1.165) is 5.56 Å². The number of amides is 2. The summed E-state index contributed by atoms with van der Waals surface area (Å²) in [5, 5.41) is 3.10. The van der Waals surface area contributed by atoms with Gasteiger partial charge in [0.2, 0.25) is 5.91 Å². The SMILES string of the molecule is C[C@H](NC(=O)C1CCN(C(=O)c2ccccc2)CC1)c1ccccc1. The van der Waals surface area contributed by atoms with Crippen LogP contribution in [0.25, 0.3) is 0 Å². The van der Waals surface area contributed by atoms with Gasteiger partial charge in [-0.1, -0.05) is 48.5 Å². The van der Waals surface area contributed by atoms with Crippen LogP contribution in [0.3, 0.4) is 0 Å². The summed E-state index contributed by atoms with van der Waals surface area (Å²) >= 11 is 0. The molecule has 0 unspecified atom stereocenters. The summed E-state index contributed by atoms with van der Waals surface area (Å²) < 4.78 is 0. The summed E-state index contributed by atoms with van der Waals surface area (Å²) in [5.41, 5.74) is 1.82. The maximum absolute atomic E-state index is 12.5. The van der Waals surface area contributed by atoms with Gasteiger partial charge in [-0.2, -0.15) is 0 Å². The Labute approximate surface area is 148 Å². The first-order valence-electron chi connectivity index (χ1n) is 8.85. The molecule has 0 aromatic heterocycles. The first-order valence-corrected chi connectivity index (χ1v) is 8.85. The molecule has 1 aliphatic heterocycles. The molecule has 4 heteroatoms. The first-order chi connectivity index (χ1) is 12.1. The van der Waals surface area contributed by atoms with Crippen molar-refractivity contribution in [2.75, 3.05) is 13.1 Å². The third-order valence-electron chi connectivity index (χ3n) is 4.83. The van der Waals surface area contributed by atoms with Crippen LogP contribution in [0.2, 0.25) is 0 Å². The predicted molar refractivity (Wildman–Crippen MR) is 98.1 cm³/mol. The Balaban J connectivity index is 1.52. The molecule has 0 bridgehead atoms. The minimum absolute atomic E-state index is 0.00215. The van der Waals surface area contributed by atoms with E-state index in [0.29, 0.717) is 31.5 Å². The molecule has 1 saturated heterocycles. The fourth-order valence-electron chi connectivity index (χ4n) is 3.26. The van der Waals surface area contributed by atoms with Gasteiger partial charge in [0.15, 0.2) is 0 Å². The van der Waals surface area contributed by atoms with Crippen LogP contribution in [0.5, 0.6) is 0 Å². The Hall–Kier alpha value is -2.62. The second-order valence-corrected chi connectivity index (χ2v) is 6.57. The number of carbonyl (C=O) groups excluding carboxylic acids is 2. The number of rotatable bonds is 4. The Kier molecular flexibility index (Phi) is 5.49. The van der Waals surface area contributed by atoms with Gasteiger partial charge in [0, 0.05) is 24.6 Å². The summed E-state index contributed by atoms with van der Waals surface area (Å²) in [6.07, 6.45) is 1.43. The second kappa shape index (κ2) is 7.97. The lowest BCUT2D eigenvalue weighted by molar-refractivity contribution is -0.126. The van der Waals surface area contributed by atoms with Crippen LogP contribution in [0, 0.1) is 5.92 Å². The molecule has 1 aliphatic rings. The number of piperidine rings is 1. The van der Waals surface area contributed by atoms with Gasteiger partial charge in [-0.25, -0.2) is 0 Å². The summed E-state index contributed by atoms with van der Waals surface area (Å²) in [5.74, 6) is 0.117. The standard InChI is InChI=1S/C21H24N2O2/c1-16(17-8-4-2-5-9-17)22-20(24)18-12-14-23(15-13-18)21(25)19-10-6-3-7-11-19/h2-11,16,18H,12-15H2,1H3,(H,22,24)/t16-/m0/s1. The van der Waals surface area contributed by atoms with Gasteiger partial charge in [-0.3, -0.25) is 9.59 Å². The maximum Gasteiger partial charge on any atom is 0.253 e. The van der Waals surface area contributed by atoms with Gasteiger partial charge < -0.3 is 10.2 Å².